The van der Waals surface area contributed by atoms with E-state index in [2.05, 4.69) is 26.1 Å². The summed E-state index contributed by atoms with van der Waals surface area (Å²) in [5.74, 6) is 0.964. The average Bonchev–Trinajstić information content (AvgIpc) is 2.54. The van der Waals surface area contributed by atoms with Crippen molar-refractivity contribution >= 4 is 39.7 Å². The molecule has 2 rings (SSSR count). The summed E-state index contributed by atoms with van der Waals surface area (Å²) in [7, 11) is 1.56. The van der Waals surface area contributed by atoms with Gasteiger partial charge in [-0.1, -0.05) is 39.7 Å². The molecule has 0 saturated heterocycles. The number of benzene rings is 2. The van der Waals surface area contributed by atoms with E-state index < -0.39 is 0 Å². The van der Waals surface area contributed by atoms with Gasteiger partial charge in [0.05, 0.1) is 13.3 Å². The molecule has 0 aliphatic carbocycles. The third kappa shape index (κ3) is 5.14. The summed E-state index contributed by atoms with van der Waals surface area (Å²) < 4.78 is 12.1. The molecule has 0 saturated carbocycles. The van der Waals surface area contributed by atoms with E-state index in [1.165, 1.54) is 6.21 Å². The second-order valence-corrected chi connectivity index (χ2v) is 6.06. The van der Waals surface area contributed by atoms with Gasteiger partial charge in [0.1, 0.15) is 6.61 Å². The van der Waals surface area contributed by atoms with Crippen LogP contribution < -0.4 is 20.9 Å². The van der Waals surface area contributed by atoms with Crippen LogP contribution in [0, 0.1) is 0 Å². The van der Waals surface area contributed by atoms with Crippen molar-refractivity contribution < 1.29 is 9.47 Å². The standard InChI is InChI=1S/C16H16BrClN4O2/c1-23-14-7-12(17)6-11(8-21-22-16(19)20)15(14)24-9-10-2-4-13(18)5-3-10/h2-8H,9H2,1H3,(H4,19,20,22)/b21-8+. The van der Waals surface area contributed by atoms with E-state index >= 15 is 0 Å². The minimum absolute atomic E-state index is 0.128. The van der Waals surface area contributed by atoms with Crippen LogP contribution in [0.15, 0.2) is 51.1 Å². The first-order chi connectivity index (χ1) is 11.5. The van der Waals surface area contributed by atoms with E-state index in [4.69, 9.17) is 32.5 Å². The maximum atomic E-state index is 5.91. The molecule has 6 nitrogen and oxygen atoms in total. The smallest absolute Gasteiger partial charge is 0.211 e. The number of methoxy groups -OCH3 is 1. The predicted molar refractivity (Wildman–Crippen MR) is 99.9 cm³/mol. The Morgan fingerprint density at radius 2 is 1.96 bits per heavy atom. The SMILES string of the molecule is COc1cc(Br)cc(/C=N/N=C(N)N)c1OCc1ccc(Cl)cc1. The van der Waals surface area contributed by atoms with Gasteiger partial charge in [-0.2, -0.15) is 5.10 Å². The van der Waals surface area contributed by atoms with Crippen molar-refractivity contribution in [2.24, 2.45) is 21.7 Å². The quantitative estimate of drug-likeness (QED) is 0.433. The van der Waals surface area contributed by atoms with Crippen LogP contribution in [0.4, 0.5) is 0 Å². The van der Waals surface area contributed by atoms with Crippen LogP contribution in [-0.2, 0) is 6.61 Å². The number of nitrogens with zero attached hydrogens (tertiary/aromatic N) is 2. The minimum Gasteiger partial charge on any atom is -0.493 e. The number of rotatable bonds is 6. The van der Waals surface area contributed by atoms with Crippen LogP contribution >= 0.6 is 27.5 Å². The molecule has 0 atom stereocenters. The molecule has 8 heteroatoms. The fraction of sp³-hybridized carbons (Fsp3) is 0.125. The number of ether oxygens (including phenoxy) is 2. The lowest BCUT2D eigenvalue weighted by Crippen LogP contribution is -2.21. The summed E-state index contributed by atoms with van der Waals surface area (Å²) in [6.07, 6.45) is 1.49. The van der Waals surface area contributed by atoms with Gasteiger partial charge in [0.2, 0.25) is 5.96 Å². The highest BCUT2D eigenvalue weighted by molar-refractivity contribution is 9.10. The summed E-state index contributed by atoms with van der Waals surface area (Å²) in [5, 5.41) is 8.08. The van der Waals surface area contributed by atoms with Crippen molar-refractivity contribution in [3.05, 3.63) is 57.0 Å². The molecular formula is C16H16BrClN4O2. The molecule has 0 spiro atoms. The van der Waals surface area contributed by atoms with E-state index in [9.17, 15) is 0 Å². The predicted octanol–water partition coefficient (Wildman–Crippen LogP) is 3.30. The molecule has 0 bridgehead atoms. The fourth-order valence-electron chi connectivity index (χ4n) is 1.88. The van der Waals surface area contributed by atoms with Crippen LogP contribution in [-0.4, -0.2) is 19.3 Å². The van der Waals surface area contributed by atoms with Crippen molar-refractivity contribution in [1.82, 2.24) is 0 Å². The topological polar surface area (TPSA) is 95.2 Å². The fourth-order valence-corrected chi connectivity index (χ4v) is 2.47. The van der Waals surface area contributed by atoms with E-state index in [-0.39, 0.29) is 5.96 Å². The largest absolute Gasteiger partial charge is 0.493 e. The monoisotopic (exact) mass is 410 g/mol. The number of nitrogens with two attached hydrogens (primary N) is 2. The molecule has 0 unspecified atom stereocenters. The Morgan fingerprint density at radius 1 is 1.25 bits per heavy atom. The first kappa shape index (κ1) is 18.1. The Hall–Kier alpha value is -2.25. The van der Waals surface area contributed by atoms with Gasteiger partial charge in [0.25, 0.3) is 0 Å². The number of hydrogen-bond acceptors (Lipinski definition) is 4. The second kappa shape index (κ2) is 8.56. The van der Waals surface area contributed by atoms with Crippen molar-refractivity contribution in [3.8, 4) is 11.5 Å². The molecular weight excluding hydrogens is 396 g/mol. The molecule has 2 aromatic rings. The molecule has 0 aliphatic rings. The molecule has 0 heterocycles. The Balaban J connectivity index is 2.29. The van der Waals surface area contributed by atoms with E-state index in [0.717, 1.165) is 10.0 Å². The summed E-state index contributed by atoms with van der Waals surface area (Å²) in [4.78, 5) is 0. The highest BCUT2D eigenvalue weighted by atomic mass is 79.9. The number of halogens is 2. The van der Waals surface area contributed by atoms with E-state index in [1.54, 1.807) is 25.3 Å². The highest BCUT2D eigenvalue weighted by Gasteiger charge is 2.12. The minimum atomic E-state index is -0.128. The van der Waals surface area contributed by atoms with Crippen LogP contribution in [0.2, 0.25) is 5.02 Å². The van der Waals surface area contributed by atoms with Crippen LogP contribution in [0.25, 0.3) is 0 Å². The number of hydrogen-bond donors (Lipinski definition) is 2. The van der Waals surface area contributed by atoms with Crippen molar-refractivity contribution in [3.63, 3.8) is 0 Å². The van der Waals surface area contributed by atoms with E-state index in [0.29, 0.717) is 28.7 Å². The van der Waals surface area contributed by atoms with Crippen LogP contribution in [0.1, 0.15) is 11.1 Å². The maximum Gasteiger partial charge on any atom is 0.211 e. The third-order valence-corrected chi connectivity index (χ3v) is 3.64. The van der Waals surface area contributed by atoms with Gasteiger partial charge in [-0.3, -0.25) is 0 Å². The summed E-state index contributed by atoms with van der Waals surface area (Å²) in [5.41, 5.74) is 12.2. The van der Waals surface area contributed by atoms with E-state index in [1.807, 2.05) is 18.2 Å². The molecule has 2 aromatic carbocycles. The van der Waals surface area contributed by atoms with Gasteiger partial charge in [-0.15, -0.1) is 5.10 Å². The molecule has 24 heavy (non-hydrogen) atoms. The first-order valence-corrected chi connectivity index (χ1v) is 8.03. The van der Waals surface area contributed by atoms with Crippen LogP contribution in [0.3, 0.4) is 0 Å². The zero-order chi connectivity index (χ0) is 17.5. The summed E-state index contributed by atoms with van der Waals surface area (Å²) >= 11 is 9.30. The van der Waals surface area contributed by atoms with Gasteiger partial charge >= 0.3 is 0 Å². The Kier molecular flexibility index (Phi) is 6.45. The molecule has 0 radical (unpaired) electrons. The first-order valence-electron chi connectivity index (χ1n) is 6.86. The molecule has 4 N–H and O–H groups in total. The average molecular weight is 412 g/mol. The van der Waals surface area contributed by atoms with Crippen molar-refractivity contribution in [2.75, 3.05) is 7.11 Å². The maximum absolute atomic E-state index is 5.91. The van der Waals surface area contributed by atoms with Gasteiger partial charge in [0, 0.05) is 15.1 Å². The molecule has 0 aromatic heterocycles. The van der Waals surface area contributed by atoms with Gasteiger partial charge < -0.3 is 20.9 Å². The molecule has 0 amide bonds. The molecule has 0 fully saturated rings. The Labute approximate surface area is 153 Å². The molecule has 126 valence electrons. The zero-order valence-electron chi connectivity index (χ0n) is 12.9. The van der Waals surface area contributed by atoms with Gasteiger partial charge in [-0.25, -0.2) is 0 Å². The summed E-state index contributed by atoms with van der Waals surface area (Å²) in [6.45, 7) is 0.346. The van der Waals surface area contributed by atoms with Crippen molar-refractivity contribution in [2.45, 2.75) is 6.61 Å². The Bertz CT molecular complexity index is 759. The normalized spacial score (nSPS) is 10.6. The second-order valence-electron chi connectivity index (χ2n) is 4.71. The lowest BCUT2D eigenvalue weighted by Gasteiger charge is -2.14. The molecule has 0 aliphatic heterocycles. The highest BCUT2D eigenvalue weighted by Crippen LogP contribution is 2.34. The van der Waals surface area contributed by atoms with Gasteiger partial charge in [-0.05, 0) is 29.8 Å². The zero-order valence-corrected chi connectivity index (χ0v) is 15.2. The van der Waals surface area contributed by atoms with Crippen molar-refractivity contribution in [1.29, 1.82) is 0 Å². The lowest BCUT2D eigenvalue weighted by molar-refractivity contribution is 0.284. The van der Waals surface area contributed by atoms with Crippen LogP contribution in [0.5, 0.6) is 11.5 Å². The summed E-state index contributed by atoms with van der Waals surface area (Å²) in [6, 6.07) is 11.0. The Morgan fingerprint density at radius 3 is 2.58 bits per heavy atom. The third-order valence-electron chi connectivity index (χ3n) is 2.93. The lowest BCUT2D eigenvalue weighted by atomic mass is 10.2. The van der Waals surface area contributed by atoms with Gasteiger partial charge in [0.15, 0.2) is 11.5 Å². The number of guanidine groups is 1.